The van der Waals surface area contributed by atoms with Gasteiger partial charge in [-0.3, -0.25) is 4.99 Å². The molecule has 1 amide bonds. The van der Waals surface area contributed by atoms with E-state index in [1.165, 1.54) is 0 Å². The number of nitrogens with two attached hydrogens (primary N) is 1. The normalized spacial score (nSPS) is 16.9. The van der Waals surface area contributed by atoms with Gasteiger partial charge in [0.25, 0.3) is 0 Å². The van der Waals surface area contributed by atoms with Crippen molar-refractivity contribution in [3.05, 3.63) is 0 Å². The number of amides is 1. The average Bonchev–Trinajstić information content (AvgIpc) is 2.47. The number of aliphatic imine (C=N–C) groups is 1. The molecule has 1 aliphatic heterocycles. The monoisotopic (exact) mass is 314 g/mol. The van der Waals surface area contributed by atoms with Crippen LogP contribution < -0.4 is 11.1 Å². The van der Waals surface area contributed by atoms with Crippen LogP contribution in [0.25, 0.3) is 0 Å². The molecule has 0 radical (unpaired) electrons. The molecule has 0 unspecified atom stereocenters. The van der Waals surface area contributed by atoms with Crippen molar-refractivity contribution in [2.75, 3.05) is 32.8 Å². The van der Waals surface area contributed by atoms with Crippen molar-refractivity contribution >= 4 is 12.1 Å². The Morgan fingerprint density at radius 1 is 1.41 bits per heavy atom. The summed E-state index contributed by atoms with van der Waals surface area (Å²) in [7, 11) is 0. The molecule has 0 aromatic heterocycles. The molecule has 0 aromatic rings. The highest BCUT2D eigenvalue weighted by atomic mass is 16.6. The highest BCUT2D eigenvalue weighted by molar-refractivity contribution is 5.78. The predicted octanol–water partition coefficient (Wildman–Crippen LogP) is 1.33. The summed E-state index contributed by atoms with van der Waals surface area (Å²) in [5, 5.41) is 3.22. The number of piperidine rings is 1. The first-order valence-electron chi connectivity index (χ1n) is 8.12. The van der Waals surface area contributed by atoms with E-state index in [0.29, 0.717) is 38.8 Å². The van der Waals surface area contributed by atoms with Crippen molar-refractivity contribution in [3.8, 4) is 0 Å². The molecule has 1 rings (SSSR count). The molecule has 128 valence electrons. The zero-order valence-electron chi connectivity index (χ0n) is 14.0. The zero-order valence-corrected chi connectivity index (χ0v) is 14.0. The van der Waals surface area contributed by atoms with Crippen LogP contribution in [0.1, 0.15) is 40.0 Å². The summed E-state index contributed by atoms with van der Waals surface area (Å²) in [6.07, 6.45) is 2.59. The lowest BCUT2D eigenvalue weighted by molar-refractivity contribution is 0.0783. The third-order valence-corrected chi connectivity index (χ3v) is 3.41. The van der Waals surface area contributed by atoms with Gasteiger partial charge >= 0.3 is 6.09 Å². The van der Waals surface area contributed by atoms with Gasteiger partial charge in [0, 0.05) is 32.3 Å². The lowest BCUT2D eigenvalue weighted by Crippen LogP contribution is -2.48. The third-order valence-electron chi connectivity index (χ3n) is 3.41. The summed E-state index contributed by atoms with van der Waals surface area (Å²) in [5.41, 5.74) is 5.88. The summed E-state index contributed by atoms with van der Waals surface area (Å²) >= 11 is 0. The number of guanidine groups is 1. The molecule has 1 heterocycles. The fourth-order valence-corrected chi connectivity index (χ4v) is 2.26. The van der Waals surface area contributed by atoms with Crippen LogP contribution in [0.5, 0.6) is 0 Å². The lowest BCUT2D eigenvalue weighted by Gasteiger charge is -2.31. The molecule has 0 aliphatic carbocycles. The van der Waals surface area contributed by atoms with Gasteiger partial charge < -0.3 is 25.4 Å². The molecule has 1 aliphatic rings. The number of hydrogen-bond donors (Lipinski definition) is 2. The Morgan fingerprint density at radius 3 is 2.68 bits per heavy atom. The number of nitrogens with one attached hydrogen (secondary N) is 1. The summed E-state index contributed by atoms with van der Waals surface area (Å²) in [6.45, 7) is 8.99. The number of hydrogen-bond acceptors (Lipinski definition) is 4. The van der Waals surface area contributed by atoms with E-state index in [1.807, 2.05) is 20.8 Å². The van der Waals surface area contributed by atoms with Crippen molar-refractivity contribution in [1.29, 1.82) is 0 Å². The van der Waals surface area contributed by atoms with Crippen LogP contribution in [0.15, 0.2) is 4.99 Å². The van der Waals surface area contributed by atoms with Gasteiger partial charge in [0.2, 0.25) is 0 Å². The third kappa shape index (κ3) is 7.49. The van der Waals surface area contributed by atoms with Crippen LogP contribution in [0, 0.1) is 0 Å². The van der Waals surface area contributed by atoms with E-state index in [1.54, 1.807) is 4.90 Å². The van der Waals surface area contributed by atoms with Crippen molar-refractivity contribution in [2.24, 2.45) is 10.7 Å². The van der Waals surface area contributed by atoms with Crippen LogP contribution in [-0.2, 0) is 9.47 Å². The van der Waals surface area contributed by atoms with E-state index < -0.39 is 0 Å². The number of nitrogens with zero attached hydrogens (tertiary/aromatic N) is 2. The zero-order chi connectivity index (χ0) is 16.4. The highest BCUT2D eigenvalue weighted by Gasteiger charge is 2.23. The van der Waals surface area contributed by atoms with Gasteiger partial charge in [-0.1, -0.05) is 0 Å². The summed E-state index contributed by atoms with van der Waals surface area (Å²) < 4.78 is 10.4. The van der Waals surface area contributed by atoms with Crippen molar-refractivity contribution in [3.63, 3.8) is 0 Å². The fourth-order valence-electron chi connectivity index (χ4n) is 2.26. The van der Waals surface area contributed by atoms with Crippen molar-refractivity contribution < 1.29 is 14.3 Å². The van der Waals surface area contributed by atoms with Crippen LogP contribution in [-0.4, -0.2) is 61.9 Å². The number of rotatable bonds is 7. The van der Waals surface area contributed by atoms with Gasteiger partial charge in [-0.25, -0.2) is 4.79 Å². The Morgan fingerprint density at radius 2 is 2.09 bits per heavy atom. The standard InChI is InChI=1S/C15H30N4O3/c1-4-21-15(20)19-9-6-13(7-10-19)18-14(16)17-8-5-11-22-12(2)3/h12-13H,4-11H2,1-3H3,(H3,16,17,18). The van der Waals surface area contributed by atoms with Crippen LogP contribution in [0.3, 0.4) is 0 Å². The largest absolute Gasteiger partial charge is 0.450 e. The second-order valence-electron chi connectivity index (χ2n) is 5.64. The first kappa shape index (κ1) is 18.5. The molecule has 22 heavy (non-hydrogen) atoms. The Bertz CT molecular complexity index is 353. The second-order valence-corrected chi connectivity index (χ2v) is 5.64. The molecule has 0 bridgehead atoms. The SMILES string of the molecule is CCOC(=O)N1CCC(NC(N)=NCCCOC(C)C)CC1. The van der Waals surface area contributed by atoms with E-state index in [4.69, 9.17) is 15.2 Å². The maximum atomic E-state index is 11.6. The minimum Gasteiger partial charge on any atom is -0.450 e. The lowest BCUT2D eigenvalue weighted by atomic mass is 10.1. The Labute approximate surface area is 133 Å². The molecular weight excluding hydrogens is 284 g/mol. The molecule has 1 saturated heterocycles. The molecule has 0 saturated carbocycles. The van der Waals surface area contributed by atoms with Crippen LogP contribution >= 0.6 is 0 Å². The van der Waals surface area contributed by atoms with E-state index in [0.717, 1.165) is 19.3 Å². The number of likely N-dealkylation sites (tertiary alicyclic amines) is 1. The molecule has 7 nitrogen and oxygen atoms in total. The Kier molecular flexibility index (Phi) is 8.65. The van der Waals surface area contributed by atoms with Gasteiger partial charge in [0.15, 0.2) is 5.96 Å². The number of carbonyl (C=O) groups excluding carboxylic acids is 1. The molecule has 0 atom stereocenters. The fraction of sp³-hybridized carbons (Fsp3) is 0.867. The van der Waals surface area contributed by atoms with Gasteiger partial charge in [-0.2, -0.15) is 0 Å². The van der Waals surface area contributed by atoms with E-state index >= 15 is 0 Å². The molecular formula is C15H30N4O3. The summed E-state index contributed by atoms with van der Waals surface area (Å²) in [6, 6.07) is 0.265. The predicted molar refractivity (Wildman–Crippen MR) is 86.9 cm³/mol. The van der Waals surface area contributed by atoms with E-state index in [9.17, 15) is 4.79 Å². The number of ether oxygens (including phenoxy) is 2. The van der Waals surface area contributed by atoms with Crippen molar-refractivity contribution in [2.45, 2.75) is 52.2 Å². The summed E-state index contributed by atoms with van der Waals surface area (Å²) in [4.78, 5) is 17.6. The first-order chi connectivity index (χ1) is 10.5. The molecule has 0 aromatic carbocycles. The quantitative estimate of drug-likeness (QED) is 0.420. The van der Waals surface area contributed by atoms with Gasteiger partial charge in [0.05, 0.1) is 12.7 Å². The van der Waals surface area contributed by atoms with Crippen molar-refractivity contribution in [1.82, 2.24) is 10.2 Å². The maximum Gasteiger partial charge on any atom is 0.409 e. The van der Waals surface area contributed by atoms with Gasteiger partial charge in [-0.05, 0) is 40.0 Å². The smallest absolute Gasteiger partial charge is 0.409 e. The molecule has 3 N–H and O–H groups in total. The Hall–Kier alpha value is -1.50. The maximum absolute atomic E-state index is 11.6. The molecule has 1 fully saturated rings. The number of carbonyl (C=O) groups is 1. The Balaban J connectivity index is 2.18. The van der Waals surface area contributed by atoms with Gasteiger partial charge in [0.1, 0.15) is 0 Å². The minimum absolute atomic E-state index is 0.229. The average molecular weight is 314 g/mol. The van der Waals surface area contributed by atoms with Crippen LogP contribution in [0.4, 0.5) is 4.79 Å². The first-order valence-corrected chi connectivity index (χ1v) is 8.12. The molecule has 7 heteroatoms. The van der Waals surface area contributed by atoms with Crippen LogP contribution in [0.2, 0.25) is 0 Å². The van der Waals surface area contributed by atoms with Gasteiger partial charge in [-0.15, -0.1) is 0 Å². The minimum atomic E-state index is -0.229. The summed E-state index contributed by atoms with van der Waals surface area (Å²) in [5.74, 6) is 0.471. The second kappa shape index (κ2) is 10.3. The molecule has 0 spiro atoms. The topological polar surface area (TPSA) is 89.2 Å². The highest BCUT2D eigenvalue weighted by Crippen LogP contribution is 2.11. The van der Waals surface area contributed by atoms with E-state index in [2.05, 4.69) is 10.3 Å². The van der Waals surface area contributed by atoms with E-state index in [-0.39, 0.29) is 18.2 Å².